The van der Waals surface area contributed by atoms with Crippen LogP contribution in [0.2, 0.25) is 0 Å². The average Bonchev–Trinajstić information content (AvgIpc) is 3.11. The number of piperazine rings is 1. The lowest BCUT2D eigenvalue weighted by Crippen LogP contribution is -2.52. The second-order valence-corrected chi connectivity index (χ2v) is 7.95. The lowest BCUT2D eigenvalue weighted by molar-refractivity contribution is 0.0634. The van der Waals surface area contributed by atoms with Crippen molar-refractivity contribution in [2.24, 2.45) is 5.10 Å². The van der Waals surface area contributed by atoms with Gasteiger partial charge in [0.05, 0.1) is 5.71 Å². The smallest absolute Gasteiger partial charge is 0.301 e. The first-order valence-electron chi connectivity index (χ1n) is 10.4. The van der Waals surface area contributed by atoms with Gasteiger partial charge in [0.25, 0.3) is 5.91 Å². The van der Waals surface area contributed by atoms with Crippen molar-refractivity contribution >= 4 is 17.5 Å². The molecule has 0 unspecified atom stereocenters. The van der Waals surface area contributed by atoms with Gasteiger partial charge in [0.15, 0.2) is 5.76 Å². The SMILES string of the molecule is Cc1c(C(=O)NN2CCN(C)CC2)oc2c1/C(=N/NC(=O)c1ccc(F)cc1)CCC2. The number of nitrogens with zero attached hydrogens (tertiary/aromatic N) is 3. The van der Waals surface area contributed by atoms with E-state index in [4.69, 9.17) is 4.42 Å². The van der Waals surface area contributed by atoms with Crippen LogP contribution in [0.4, 0.5) is 4.39 Å². The summed E-state index contributed by atoms with van der Waals surface area (Å²) in [6.07, 6.45) is 2.18. The Kier molecular flexibility index (Phi) is 6.15. The van der Waals surface area contributed by atoms with E-state index in [1.165, 1.54) is 24.3 Å². The van der Waals surface area contributed by atoms with Gasteiger partial charge in [-0.05, 0) is 51.1 Å². The number of aryl methyl sites for hydroxylation is 1. The van der Waals surface area contributed by atoms with E-state index in [-0.39, 0.29) is 11.7 Å². The van der Waals surface area contributed by atoms with Crippen molar-refractivity contribution in [2.45, 2.75) is 26.2 Å². The van der Waals surface area contributed by atoms with Crippen molar-refractivity contribution < 1.29 is 18.4 Å². The standard InChI is InChI=1S/C22H26FN5O3/c1-14-19-17(24-25-21(29)15-6-8-16(23)9-7-15)4-3-5-18(19)31-20(14)22(30)26-28-12-10-27(2)11-13-28/h6-9H,3-5,10-13H2,1-2H3,(H,25,29)(H,26,30)/b24-17+. The van der Waals surface area contributed by atoms with Crippen molar-refractivity contribution in [2.75, 3.05) is 33.2 Å². The second-order valence-electron chi connectivity index (χ2n) is 7.95. The molecule has 1 aliphatic heterocycles. The molecular formula is C22H26FN5O3. The van der Waals surface area contributed by atoms with Crippen LogP contribution in [0.1, 0.15) is 50.6 Å². The maximum atomic E-state index is 13.1. The summed E-state index contributed by atoms with van der Waals surface area (Å²) in [7, 11) is 2.06. The second kappa shape index (κ2) is 8.99. The van der Waals surface area contributed by atoms with E-state index in [0.29, 0.717) is 29.9 Å². The van der Waals surface area contributed by atoms with Crippen molar-refractivity contribution in [3.8, 4) is 0 Å². The molecule has 0 saturated carbocycles. The van der Waals surface area contributed by atoms with Crippen LogP contribution < -0.4 is 10.9 Å². The van der Waals surface area contributed by atoms with Crippen LogP contribution in [-0.2, 0) is 6.42 Å². The summed E-state index contributed by atoms with van der Waals surface area (Å²) in [5.74, 6) is -0.110. The number of hydrazone groups is 1. The van der Waals surface area contributed by atoms with Crippen LogP contribution >= 0.6 is 0 Å². The molecule has 2 heterocycles. The maximum absolute atomic E-state index is 13.1. The predicted octanol–water partition coefficient (Wildman–Crippen LogP) is 2.09. The van der Waals surface area contributed by atoms with Gasteiger partial charge in [-0.3, -0.25) is 15.0 Å². The first-order chi connectivity index (χ1) is 14.9. The Balaban J connectivity index is 1.49. The zero-order valence-corrected chi connectivity index (χ0v) is 17.7. The molecule has 2 aliphatic rings. The van der Waals surface area contributed by atoms with E-state index >= 15 is 0 Å². The first kappa shape index (κ1) is 21.2. The molecule has 4 rings (SSSR count). The highest BCUT2D eigenvalue weighted by molar-refractivity contribution is 6.07. The Morgan fingerprint density at radius 2 is 1.77 bits per heavy atom. The number of hydrogen-bond donors (Lipinski definition) is 2. The highest BCUT2D eigenvalue weighted by Gasteiger charge is 2.29. The normalized spacial score (nSPS) is 18.6. The number of carbonyl (C=O) groups is 2. The van der Waals surface area contributed by atoms with Gasteiger partial charge in [-0.15, -0.1) is 0 Å². The molecule has 1 fully saturated rings. The molecule has 0 atom stereocenters. The molecule has 1 aromatic heterocycles. The summed E-state index contributed by atoms with van der Waals surface area (Å²) in [6, 6.07) is 5.26. The van der Waals surface area contributed by atoms with Crippen LogP contribution in [0.25, 0.3) is 0 Å². The van der Waals surface area contributed by atoms with Gasteiger partial charge in [-0.25, -0.2) is 14.8 Å². The lowest BCUT2D eigenvalue weighted by atomic mass is 9.93. The molecule has 1 aromatic carbocycles. The van der Waals surface area contributed by atoms with Gasteiger partial charge < -0.3 is 9.32 Å². The van der Waals surface area contributed by atoms with E-state index < -0.39 is 11.7 Å². The Hall–Kier alpha value is -3.04. The largest absolute Gasteiger partial charge is 0.455 e. The highest BCUT2D eigenvalue weighted by atomic mass is 19.1. The summed E-state index contributed by atoms with van der Waals surface area (Å²) in [6.45, 7) is 5.12. The van der Waals surface area contributed by atoms with E-state index in [0.717, 1.165) is 43.7 Å². The summed E-state index contributed by atoms with van der Waals surface area (Å²) in [5.41, 5.74) is 7.97. The Morgan fingerprint density at radius 3 is 2.48 bits per heavy atom. The third-order valence-electron chi connectivity index (χ3n) is 5.69. The number of likely N-dealkylation sites (N-methyl/N-ethyl adjacent to an activating group) is 1. The topological polar surface area (TPSA) is 90.2 Å². The van der Waals surface area contributed by atoms with Crippen LogP contribution in [0.5, 0.6) is 0 Å². The van der Waals surface area contributed by atoms with E-state index in [9.17, 15) is 14.0 Å². The highest BCUT2D eigenvalue weighted by Crippen LogP contribution is 2.30. The van der Waals surface area contributed by atoms with Crippen molar-refractivity contribution in [1.29, 1.82) is 0 Å². The number of benzene rings is 1. The molecule has 0 spiro atoms. The molecule has 9 heteroatoms. The van der Waals surface area contributed by atoms with Crippen LogP contribution in [-0.4, -0.2) is 60.7 Å². The zero-order chi connectivity index (χ0) is 22.0. The molecule has 2 aromatic rings. The molecule has 31 heavy (non-hydrogen) atoms. The minimum Gasteiger partial charge on any atom is -0.455 e. The number of nitrogens with one attached hydrogen (secondary N) is 2. The Bertz CT molecular complexity index is 1010. The van der Waals surface area contributed by atoms with Gasteiger partial charge in [-0.2, -0.15) is 5.10 Å². The Morgan fingerprint density at radius 1 is 1.06 bits per heavy atom. The number of rotatable bonds is 4. The average molecular weight is 427 g/mol. The molecule has 1 aliphatic carbocycles. The Labute approximate surface area is 180 Å². The van der Waals surface area contributed by atoms with E-state index in [2.05, 4.69) is 27.9 Å². The summed E-state index contributed by atoms with van der Waals surface area (Å²) >= 11 is 0. The number of hydrogen-bond acceptors (Lipinski definition) is 6. The van der Waals surface area contributed by atoms with Gasteiger partial charge in [0, 0.05) is 49.3 Å². The minimum absolute atomic E-state index is 0.272. The van der Waals surface area contributed by atoms with E-state index in [1.54, 1.807) is 0 Å². The summed E-state index contributed by atoms with van der Waals surface area (Å²) < 4.78 is 19.0. The molecule has 2 N–H and O–H groups in total. The van der Waals surface area contributed by atoms with Crippen LogP contribution in [0.3, 0.4) is 0 Å². The lowest BCUT2D eigenvalue weighted by Gasteiger charge is -2.32. The minimum atomic E-state index is -0.422. The number of halogens is 1. The zero-order valence-electron chi connectivity index (χ0n) is 17.7. The predicted molar refractivity (Wildman–Crippen MR) is 113 cm³/mol. The molecular weight excluding hydrogens is 401 g/mol. The maximum Gasteiger partial charge on any atom is 0.301 e. The molecule has 8 nitrogen and oxygen atoms in total. The van der Waals surface area contributed by atoms with Crippen molar-refractivity contribution in [1.82, 2.24) is 20.8 Å². The fourth-order valence-electron chi connectivity index (χ4n) is 3.89. The van der Waals surface area contributed by atoms with Gasteiger partial charge >= 0.3 is 5.91 Å². The monoisotopic (exact) mass is 427 g/mol. The fraction of sp³-hybridized carbons (Fsp3) is 0.409. The summed E-state index contributed by atoms with van der Waals surface area (Å²) in [5, 5.41) is 6.20. The molecule has 2 amide bonds. The molecule has 0 bridgehead atoms. The quantitative estimate of drug-likeness (QED) is 0.730. The number of fused-ring (bicyclic) bond motifs is 1. The van der Waals surface area contributed by atoms with Gasteiger partial charge in [0.1, 0.15) is 11.6 Å². The number of furan rings is 1. The molecule has 164 valence electrons. The van der Waals surface area contributed by atoms with E-state index in [1.807, 2.05) is 11.9 Å². The van der Waals surface area contributed by atoms with Crippen LogP contribution in [0.15, 0.2) is 33.8 Å². The third-order valence-corrected chi connectivity index (χ3v) is 5.69. The number of hydrazine groups is 1. The molecule has 0 radical (unpaired) electrons. The van der Waals surface area contributed by atoms with Crippen molar-refractivity contribution in [3.05, 3.63) is 58.3 Å². The first-order valence-corrected chi connectivity index (χ1v) is 10.4. The van der Waals surface area contributed by atoms with Gasteiger partial charge in [-0.1, -0.05) is 0 Å². The number of carbonyl (C=O) groups excluding carboxylic acids is 2. The van der Waals surface area contributed by atoms with Crippen molar-refractivity contribution in [3.63, 3.8) is 0 Å². The molecule has 1 saturated heterocycles. The number of amides is 2. The summed E-state index contributed by atoms with van der Waals surface area (Å²) in [4.78, 5) is 27.3. The van der Waals surface area contributed by atoms with Crippen LogP contribution in [0, 0.1) is 12.7 Å². The third kappa shape index (κ3) is 4.67. The fourth-order valence-corrected chi connectivity index (χ4v) is 3.89. The van der Waals surface area contributed by atoms with Gasteiger partial charge in [0.2, 0.25) is 0 Å².